The van der Waals surface area contributed by atoms with Gasteiger partial charge in [-0.1, -0.05) is 59.8 Å². The molecule has 1 aliphatic heterocycles. The molecule has 0 aromatic heterocycles. The van der Waals surface area contributed by atoms with Crippen LogP contribution in [-0.4, -0.2) is 16.8 Å². The minimum atomic E-state index is -0.105. The van der Waals surface area contributed by atoms with E-state index in [9.17, 15) is 4.79 Å². The molecule has 1 N–H and O–H groups in total. The number of nitrogens with one attached hydrogen (secondary N) is 1. The van der Waals surface area contributed by atoms with E-state index in [2.05, 4.69) is 0 Å². The highest BCUT2D eigenvalue weighted by molar-refractivity contribution is 8.15. The van der Waals surface area contributed by atoms with Crippen molar-refractivity contribution in [1.82, 2.24) is 0 Å². The molecule has 0 bridgehead atoms. The Morgan fingerprint density at radius 1 is 1.17 bits per heavy atom. The van der Waals surface area contributed by atoms with Gasteiger partial charge in [-0.3, -0.25) is 15.1 Å². The first-order chi connectivity index (χ1) is 11.1. The van der Waals surface area contributed by atoms with Crippen molar-refractivity contribution in [2.75, 3.05) is 10.7 Å². The van der Waals surface area contributed by atoms with Crippen molar-refractivity contribution in [1.29, 1.82) is 5.41 Å². The second-order valence-corrected chi connectivity index (χ2v) is 6.47. The maximum atomic E-state index is 12.0. The van der Waals surface area contributed by atoms with Crippen molar-refractivity contribution >= 4 is 40.1 Å². The van der Waals surface area contributed by atoms with Crippen LogP contribution in [0.15, 0.2) is 48.5 Å². The molecule has 3 rings (SSSR count). The average Bonchev–Trinajstić information content (AvgIpc) is 2.89. The van der Waals surface area contributed by atoms with E-state index in [1.54, 1.807) is 12.1 Å². The van der Waals surface area contributed by atoms with Crippen molar-refractivity contribution in [3.8, 4) is 0 Å². The number of amidine groups is 1. The number of anilines is 1. The molecule has 1 fully saturated rings. The molecule has 23 heavy (non-hydrogen) atoms. The maximum Gasteiger partial charge on any atom is 0.243 e. The van der Waals surface area contributed by atoms with Gasteiger partial charge in [-0.15, -0.1) is 0 Å². The Kier molecular flexibility index (Phi) is 5.00. The topological polar surface area (TPSA) is 53.4 Å². The molecule has 1 aliphatic rings. The van der Waals surface area contributed by atoms with Crippen LogP contribution in [0.2, 0.25) is 5.02 Å². The Hall–Kier alpha value is -1.82. The molecule has 0 saturated carbocycles. The fraction of sp³-hybridized carbons (Fsp3) is 0.176. The van der Waals surface area contributed by atoms with Crippen LogP contribution >= 0.6 is 23.4 Å². The minimum absolute atomic E-state index is 0.105. The molecule has 0 spiro atoms. The van der Waals surface area contributed by atoms with Crippen molar-refractivity contribution in [2.24, 2.45) is 0 Å². The lowest BCUT2D eigenvalue weighted by molar-refractivity contribution is -0.115. The summed E-state index contributed by atoms with van der Waals surface area (Å²) in [4.78, 5) is 13.4. The number of halogens is 1. The number of ether oxygens (including phenoxy) is 1. The van der Waals surface area contributed by atoms with Gasteiger partial charge in [0.1, 0.15) is 0 Å². The van der Waals surface area contributed by atoms with Gasteiger partial charge in [-0.2, -0.15) is 0 Å². The van der Waals surface area contributed by atoms with Gasteiger partial charge in [-0.05, 0) is 17.7 Å². The van der Waals surface area contributed by atoms with Gasteiger partial charge in [0.15, 0.2) is 5.17 Å². The van der Waals surface area contributed by atoms with E-state index in [0.29, 0.717) is 23.9 Å². The van der Waals surface area contributed by atoms with E-state index >= 15 is 0 Å². The third kappa shape index (κ3) is 3.75. The van der Waals surface area contributed by atoms with Gasteiger partial charge in [0.05, 0.1) is 24.7 Å². The van der Waals surface area contributed by atoms with Crippen molar-refractivity contribution in [2.45, 2.75) is 13.2 Å². The number of nitrogens with zero attached hydrogens (tertiary/aromatic N) is 1. The largest absolute Gasteiger partial charge is 0.372 e. The number of amides is 1. The third-order valence-electron chi connectivity index (χ3n) is 3.44. The highest BCUT2D eigenvalue weighted by Crippen LogP contribution is 2.31. The number of benzene rings is 2. The standard InChI is InChI=1S/C17H15ClN2O2S/c18-14-7-6-13(10-22-9-12-4-2-1-3-5-12)15(8-14)20-16(21)11-23-17(20)19/h1-8,19H,9-11H2. The summed E-state index contributed by atoms with van der Waals surface area (Å²) in [5, 5.41) is 8.69. The monoisotopic (exact) mass is 346 g/mol. The lowest BCUT2D eigenvalue weighted by Gasteiger charge is -2.19. The molecule has 2 aromatic rings. The quantitative estimate of drug-likeness (QED) is 0.887. The molecule has 0 unspecified atom stereocenters. The summed E-state index contributed by atoms with van der Waals surface area (Å²) in [5.74, 6) is 0.182. The zero-order valence-corrected chi connectivity index (χ0v) is 13.9. The second kappa shape index (κ2) is 7.17. The Balaban J connectivity index is 1.77. The van der Waals surface area contributed by atoms with Gasteiger partial charge in [0, 0.05) is 10.6 Å². The number of rotatable bonds is 5. The Morgan fingerprint density at radius 2 is 1.96 bits per heavy atom. The smallest absolute Gasteiger partial charge is 0.243 e. The van der Waals surface area contributed by atoms with Gasteiger partial charge < -0.3 is 4.74 Å². The highest BCUT2D eigenvalue weighted by Gasteiger charge is 2.30. The van der Waals surface area contributed by atoms with Crippen molar-refractivity contribution in [3.05, 3.63) is 64.7 Å². The summed E-state index contributed by atoms with van der Waals surface area (Å²) >= 11 is 7.28. The summed E-state index contributed by atoms with van der Waals surface area (Å²) < 4.78 is 5.76. The van der Waals surface area contributed by atoms with E-state index in [0.717, 1.165) is 11.1 Å². The van der Waals surface area contributed by atoms with Crippen LogP contribution in [0.5, 0.6) is 0 Å². The van der Waals surface area contributed by atoms with Crippen molar-refractivity contribution < 1.29 is 9.53 Å². The molecule has 6 heteroatoms. The normalized spacial score (nSPS) is 14.6. The predicted octanol–water partition coefficient (Wildman–Crippen LogP) is 4.07. The number of thioether (sulfide) groups is 1. The molecule has 0 atom stereocenters. The molecule has 0 radical (unpaired) electrons. The highest BCUT2D eigenvalue weighted by atomic mass is 35.5. The minimum Gasteiger partial charge on any atom is -0.372 e. The van der Waals surface area contributed by atoms with Gasteiger partial charge in [0.25, 0.3) is 0 Å². The number of carbonyl (C=O) groups excluding carboxylic acids is 1. The number of hydrogen-bond acceptors (Lipinski definition) is 4. The zero-order valence-electron chi connectivity index (χ0n) is 12.3. The third-order valence-corrected chi connectivity index (χ3v) is 4.52. The molecule has 118 valence electrons. The lowest BCUT2D eigenvalue weighted by atomic mass is 10.1. The molecule has 2 aromatic carbocycles. The molecular formula is C17H15ClN2O2S. The second-order valence-electron chi connectivity index (χ2n) is 5.07. The molecule has 1 heterocycles. The molecule has 1 saturated heterocycles. The first kappa shape index (κ1) is 16.1. The summed E-state index contributed by atoms with van der Waals surface area (Å²) in [7, 11) is 0. The maximum absolute atomic E-state index is 12.0. The Labute approximate surface area is 143 Å². The van der Waals surface area contributed by atoms with Crippen LogP contribution in [0.4, 0.5) is 5.69 Å². The van der Waals surface area contributed by atoms with E-state index in [4.69, 9.17) is 21.7 Å². The average molecular weight is 347 g/mol. The molecular weight excluding hydrogens is 332 g/mol. The van der Waals surface area contributed by atoms with Crippen molar-refractivity contribution in [3.63, 3.8) is 0 Å². The van der Waals surface area contributed by atoms with E-state index < -0.39 is 0 Å². The lowest BCUT2D eigenvalue weighted by Crippen LogP contribution is -2.29. The summed E-state index contributed by atoms with van der Waals surface area (Å²) in [6.45, 7) is 0.839. The number of hydrogen-bond donors (Lipinski definition) is 1. The van der Waals surface area contributed by atoms with E-state index in [1.807, 2.05) is 36.4 Å². The summed E-state index contributed by atoms with van der Waals surface area (Å²) in [6.07, 6.45) is 0. The fourth-order valence-electron chi connectivity index (χ4n) is 2.34. The van der Waals surface area contributed by atoms with Crippen LogP contribution in [0.3, 0.4) is 0 Å². The Morgan fingerprint density at radius 3 is 2.65 bits per heavy atom. The SMILES string of the molecule is N=C1SCC(=O)N1c1cc(Cl)ccc1COCc1ccccc1. The zero-order chi connectivity index (χ0) is 16.2. The van der Waals surface area contributed by atoms with E-state index in [-0.39, 0.29) is 16.8 Å². The molecule has 4 nitrogen and oxygen atoms in total. The Bertz CT molecular complexity index is 721. The van der Waals surface area contributed by atoms with E-state index in [1.165, 1.54) is 16.7 Å². The van der Waals surface area contributed by atoms with Crippen LogP contribution in [-0.2, 0) is 22.7 Å². The van der Waals surface area contributed by atoms with Crippen LogP contribution < -0.4 is 4.90 Å². The summed E-state index contributed by atoms with van der Waals surface area (Å²) in [6, 6.07) is 15.2. The number of carbonyl (C=O) groups is 1. The summed E-state index contributed by atoms with van der Waals surface area (Å²) in [5.41, 5.74) is 2.56. The first-order valence-electron chi connectivity index (χ1n) is 7.09. The van der Waals surface area contributed by atoms with Crippen LogP contribution in [0.25, 0.3) is 0 Å². The van der Waals surface area contributed by atoms with Crippen LogP contribution in [0, 0.1) is 5.41 Å². The van der Waals surface area contributed by atoms with Gasteiger partial charge >= 0.3 is 0 Å². The van der Waals surface area contributed by atoms with Crippen LogP contribution in [0.1, 0.15) is 11.1 Å². The predicted molar refractivity (Wildman–Crippen MR) is 94.1 cm³/mol. The molecule has 0 aliphatic carbocycles. The fourth-order valence-corrected chi connectivity index (χ4v) is 3.22. The van der Waals surface area contributed by atoms with Gasteiger partial charge in [-0.25, -0.2) is 0 Å². The first-order valence-corrected chi connectivity index (χ1v) is 8.46. The van der Waals surface area contributed by atoms with Gasteiger partial charge in [0.2, 0.25) is 5.91 Å². The molecule has 1 amide bonds.